The molecular formula is C17H25NO3. The molecule has 0 bridgehead atoms. The van der Waals surface area contributed by atoms with E-state index in [9.17, 15) is 5.11 Å². The van der Waals surface area contributed by atoms with Crippen LogP contribution in [0, 0.1) is 0 Å². The van der Waals surface area contributed by atoms with Crippen molar-refractivity contribution in [2.45, 2.75) is 62.8 Å². The average molecular weight is 291 g/mol. The van der Waals surface area contributed by atoms with E-state index in [-0.39, 0.29) is 24.9 Å². The van der Waals surface area contributed by atoms with Crippen LogP contribution < -0.4 is 10.1 Å². The molecule has 3 N–H and O–H groups in total. The minimum Gasteiger partial charge on any atom is -0.490 e. The number of nitrogens with one attached hydrogen (secondary N) is 1. The SMILES string of the molecule is OCc1ccc(OC2CCCC(CO)(NC3CC3)C2)cc1. The summed E-state index contributed by atoms with van der Waals surface area (Å²) in [6.45, 7) is 0.245. The van der Waals surface area contributed by atoms with Crippen molar-refractivity contribution in [1.82, 2.24) is 5.32 Å². The quantitative estimate of drug-likeness (QED) is 0.750. The predicted molar refractivity (Wildman–Crippen MR) is 81.2 cm³/mol. The van der Waals surface area contributed by atoms with Crippen molar-refractivity contribution in [3.63, 3.8) is 0 Å². The van der Waals surface area contributed by atoms with Gasteiger partial charge in [0.25, 0.3) is 0 Å². The summed E-state index contributed by atoms with van der Waals surface area (Å²) in [5.41, 5.74) is 0.737. The molecule has 4 nitrogen and oxygen atoms in total. The lowest BCUT2D eigenvalue weighted by Crippen LogP contribution is -2.54. The second-order valence-corrected chi connectivity index (χ2v) is 6.50. The van der Waals surface area contributed by atoms with Crippen LogP contribution in [0.4, 0.5) is 0 Å². The molecule has 2 saturated carbocycles. The fraction of sp³-hybridized carbons (Fsp3) is 0.647. The second kappa shape index (κ2) is 6.34. The molecule has 2 aliphatic carbocycles. The van der Waals surface area contributed by atoms with Crippen molar-refractivity contribution < 1.29 is 14.9 Å². The molecule has 2 unspecified atom stereocenters. The van der Waals surface area contributed by atoms with Gasteiger partial charge in [-0.3, -0.25) is 0 Å². The minimum absolute atomic E-state index is 0.0582. The zero-order chi connectivity index (χ0) is 14.7. The molecule has 0 heterocycles. The number of hydrogen-bond donors (Lipinski definition) is 3. The van der Waals surface area contributed by atoms with Crippen LogP contribution in [0.15, 0.2) is 24.3 Å². The monoisotopic (exact) mass is 291 g/mol. The van der Waals surface area contributed by atoms with Gasteiger partial charge in [0.1, 0.15) is 11.9 Å². The van der Waals surface area contributed by atoms with Gasteiger partial charge >= 0.3 is 0 Å². The molecule has 0 radical (unpaired) electrons. The number of hydrogen-bond acceptors (Lipinski definition) is 4. The number of benzene rings is 1. The molecule has 116 valence electrons. The molecule has 3 rings (SSSR count). The number of rotatable bonds is 6. The van der Waals surface area contributed by atoms with E-state index < -0.39 is 0 Å². The fourth-order valence-electron chi connectivity index (χ4n) is 3.26. The summed E-state index contributed by atoms with van der Waals surface area (Å²) in [4.78, 5) is 0. The number of aliphatic hydroxyl groups is 2. The molecule has 0 spiro atoms. The summed E-state index contributed by atoms with van der Waals surface area (Å²) < 4.78 is 6.08. The van der Waals surface area contributed by atoms with Gasteiger partial charge in [0.05, 0.1) is 13.2 Å². The lowest BCUT2D eigenvalue weighted by atomic mass is 9.80. The Hall–Kier alpha value is -1.10. The highest BCUT2D eigenvalue weighted by Crippen LogP contribution is 2.34. The third-order valence-electron chi connectivity index (χ3n) is 4.60. The van der Waals surface area contributed by atoms with E-state index in [0.717, 1.165) is 37.0 Å². The van der Waals surface area contributed by atoms with Crippen LogP contribution in [0.2, 0.25) is 0 Å². The van der Waals surface area contributed by atoms with Crippen LogP contribution in [-0.2, 0) is 6.61 Å². The molecular weight excluding hydrogens is 266 g/mol. The first-order valence-corrected chi connectivity index (χ1v) is 7.98. The standard InChI is InChI=1S/C17H25NO3/c19-11-13-3-7-15(8-4-13)21-16-2-1-9-17(10-16,12-20)18-14-5-6-14/h3-4,7-8,14,16,18-20H,1-2,5-6,9-12H2. The molecule has 0 aliphatic heterocycles. The first-order valence-electron chi connectivity index (χ1n) is 7.98. The van der Waals surface area contributed by atoms with Crippen molar-refractivity contribution in [3.8, 4) is 5.75 Å². The average Bonchev–Trinajstić information content (AvgIpc) is 3.32. The zero-order valence-electron chi connectivity index (χ0n) is 12.4. The van der Waals surface area contributed by atoms with E-state index in [4.69, 9.17) is 9.84 Å². The van der Waals surface area contributed by atoms with Crippen LogP contribution in [0.25, 0.3) is 0 Å². The van der Waals surface area contributed by atoms with E-state index in [2.05, 4.69) is 5.32 Å². The van der Waals surface area contributed by atoms with E-state index >= 15 is 0 Å². The highest BCUT2D eigenvalue weighted by molar-refractivity contribution is 5.27. The van der Waals surface area contributed by atoms with Crippen LogP contribution in [-0.4, -0.2) is 34.5 Å². The van der Waals surface area contributed by atoms with E-state index in [0.29, 0.717) is 6.04 Å². The lowest BCUT2D eigenvalue weighted by Gasteiger charge is -2.40. The highest BCUT2D eigenvalue weighted by atomic mass is 16.5. The Bertz CT molecular complexity index is 458. The molecule has 21 heavy (non-hydrogen) atoms. The summed E-state index contributed by atoms with van der Waals surface area (Å²) in [6, 6.07) is 8.20. The van der Waals surface area contributed by atoms with Gasteiger partial charge in [0.2, 0.25) is 0 Å². The van der Waals surface area contributed by atoms with Gasteiger partial charge in [-0.2, -0.15) is 0 Å². The van der Waals surface area contributed by atoms with Crippen LogP contribution in [0.3, 0.4) is 0 Å². The number of aliphatic hydroxyl groups excluding tert-OH is 2. The summed E-state index contributed by atoms with van der Waals surface area (Å²) in [5.74, 6) is 0.845. The van der Waals surface area contributed by atoms with Gasteiger partial charge in [0.15, 0.2) is 0 Å². The fourth-order valence-corrected chi connectivity index (χ4v) is 3.26. The Morgan fingerprint density at radius 3 is 2.52 bits per heavy atom. The Kier molecular flexibility index (Phi) is 4.48. The number of ether oxygens (including phenoxy) is 1. The maximum Gasteiger partial charge on any atom is 0.119 e. The van der Waals surface area contributed by atoms with Crippen LogP contribution in [0.1, 0.15) is 44.1 Å². The summed E-state index contributed by atoms with van der Waals surface area (Å²) in [5, 5.41) is 22.5. The summed E-state index contributed by atoms with van der Waals surface area (Å²) >= 11 is 0. The Morgan fingerprint density at radius 1 is 1.14 bits per heavy atom. The third kappa shape index (κ3) is 3.76. The van der Waals surface area contributed by atoms with E-state index in [1.807, 2.05) is 24.3 Å². The molecule has 1 aromatic rings. The molecule has 2 fully saturated rings. The van der Waals surface area contributed by atoms with Gasteiger partial charge in [-0.05, 0) is 49.8 Å². The first-order chi connectivity index (χ1) is 10.2. The summed E-state index contributed by atoms with van der Waals surface area (Å²) in [7, 11) is 0. The molecule has 2 aliphatic rings. The predicted octanol–water partition coefficient (Wildman–Crippen LogP) is 1.98. The zero-order valence-corrected chi connectivity index (χ0v) is 12.4. The van der Waals surface area contributed by atoms with Gasteiger partial charge in [-0.15, -0.1) is 0 Å². The van der Waals surface area contributed by atoms with Crippen LogP contribution in [0.5, 0.6) is 5.75 Å². The Labute approximate surface area is 126 Å². The van der Waals surface area contributed by atoms with Gasteiger partial charge < -0.3 is 20.3 Å². The highest BCUT2D eigenvalue weighted by Gasteiger charge is 2.40. The van der Waals surface area contributed by atoms with Crippen molar-refractivity contribution in [2.24, 2.45) is 0 Å². The van der Waals surface area contributed by atoms with Crippen molar-refractivity contribution in [1.29, 1.82) is 0 Å². The molecule has 0 aromatic heterocycles. The smallest absolute Gasteiger partial charge is 0.119 e. The van der Waals surface area contributed by atoms with E-state index in [1.54, 1.807) is 0 Å². The molecule has 2 atom stereocenters. The largest absolute Gasteiger partial charge is 0.490 e. The van der Waals surface area contributed by atoms with Gasteiger partial charge in [-0.25, -0.2) is 0 Å². The normalized spacial score (nSPS) is 29.3. The van der Waals surface area contributed by atoms with Crippen molar-refractivity contribution in [2.75, 3.05) is 6.61 Å². The summed E-state index contributed by atoms with van der Waals surface area (Å²) in [6.07, 6.45) is 6.63. The Morgan fingerprint density at radius 2 is 1.90 bits per heavy atom. The van der Waals surface area contributed by atoms with Crippen molar-refractivity contribution in [3.05, 3.63) is 29.8 Å². The van der Waals surface area contributed by atoms with Crippen LogP contribution >= 0.6 is 0 Å². The molecule has 4 heteroatoms. The van der Waals surface area contributed by atoms with Gasteiger partial charge in [0, 0.05) is 18.0 Å². The topological polar surface area (TPSA) is 61.7 Å². The maximum atomic E-state index is 9.82. The first kappa shape index (κ1) is 14.8. The lowest BCUT2D eigenvalue weighted by molar-refractivity contribution is 0.0497. The molecule has 0 amide bonds. The Balaban J connectivity index is 1.61. The second-order valence-electron chi connectivity index (χ2n) is 6.50. The maximum absolute atomic E-state index is 9.82. The van der Waals surface area contributed by atoms with Gasteiger partial charge in [-0.1, -0.05) is 12.1 Å². The molecule has 0 saturated heterocycles. The molecule has 1 aromatic carbocycles. The van der Waals surface area contributed by atoms with Crippen molar-refractivity contribution >= 4 is 0 Å². The minimum atomic E-state index is -0.158. The third-order valence-corrected chi connectivity index (χ3v) is 4.60. The van der Waals surface area contributed by atoms with E-state index in [1.165, 1.54) is 12.8 Å².